The van der Waals surface area contributed by atoms with Crippen molar-refractivity contribution in [1.82, 2.24) is 4.90 Å². The number of nitriles is 1. The number of hydrogen-bond donors (Lipinski definition) is 1. The van der Waals surface area contributed by atoms with Gasteiger partial charge in [-0.3, -0.25) is 4.90 Å². The molecule has 1 saturated heterocycles. The molecule has 6 heteroatoms. The monoisotopic (exact) mass is 363 g/mol. The van der Waals surface area contributed by atoms with Crippen LogP contribution in [0.25, 0.3) is 0 Å². The molecule has 2 aromatic carbocycles. The van der Waals surface area contributed by atoms with E-state index in [2.05, 4.69) is 6.07 Å². The molecule has 138 valence electrons. The number of nitrogens with zero attached hydrogens (tertiary/aromatic N) is 3. The number of rotatable bonds is 2. The number of ether oxygens (including phenoxy) is 1. The second-order valence-electron chi connectivity index (χ2n) is 7.42. The van der Waals surface area contributed by atoms with E-state index in [9.17, 15) is 15.2 Å². The Hall–Kier alpha value is -3.04. The van der Waals surface area contributed by atoms with Gasteiger partial charge < -0.3 is 14.7 Å². The van der Waals surface area contributed by atoms with Gasteiger partial charge in [-0.1, -0.05) is 18.2 Å². The predicted molar refractivity (Wildman–Crippen MR) is 101 cm³/mol. The van der Waals surface area contributed by atoms with E-state index >= 15 is 0 Å². The Kier molecular flexibility index (Phi) is 4.05. The quantitative estimate of drug-likeness (QED) is 0.890. The summed E-state index contributed by atoms with van der Waals surface area (Å²) in [4.78, 5) is 16.6. The van der Waals surface area contributed by atoms with Crippen molar-refractivity contribution >= 4 is 11.7 Å². The molecule has 2 aliphatic rings. The van der Waals surface area contributed by atoms with Gasteiger partial charge in [0.25, 0.3) is 0 Å². The third kappa shape index (κ3) is 2.81. The highest BCUT2D eigenvalue weighted by molar-refractivity contribution is 5.94. The highest BCUT2D eigenvalue weighted by Crippen LogP contribution is 2.44. The van der Waals surface area contributed by atoms with E-state index in [0.29, 0.717) is 30.0 Å². The normalized spacial score (nSPS) is 23.6. The molecule has 2 unspecified atom stereocenters. The highest BCUT2D eigenvalue weighted by Gasteiger charge is 2.49. The summed E-state index contributed by atoms with van der Waals surface area (Å²) in [6.07, 6.45) is -0.918. The number of urea groups is 1. The van der Waals surface area contributed by atoms with Crippen LogP contribution in [0.2, 0.25) is 0 Å². The average molecular weight is 363 g/mol. The molecule has 2 aliphatic heterocycles. The van der Waals surface area contributed by atoms with Crippen molar-refractivity contribution in [1.29, 1.82) is 5.26 Å². The molecule has 4 rings (SSSR count). The van der Waals surface area contributed by atoms with Gasteiger partial charge in [0, 0.05) is 24.3 Å². The number of hydrogen-bond acceptors (Lipinski definition) is 4. The van der Waals surface area contributed by atoms with Crippen LogP contribution in [0.1, 0.15) is 31.0 Å². The number of para-hydroxylation sites is 1. The maximum absolute atomic E-state index is 13.2. The van der Waals surface area contributed by atoms with Gasteiger partial charge in [-0.2, -0.15) is 5.26 Å². The number of anilines is 1. The second kappa shape index (κ2) is 6.29. The molecule has 0 saturated carbocycles. The molecule has 0 spiro atoms. The van der Waals surface area contributed by atoms with Gasteiger partial charge in [-0.15, -0.1) is 0 Å². The Morgan fingerprint density at radius 1 is 1.19 bits per heavy atom. The third-order valence-electron chi connectivity index (χ3n) is 5.29. The SMILES string of the molecule is CC1(C)Oc2ccc(C#N)cc2C(N2CCN(c3ccccc3)C2=O)C1O. The van der Waals surface area contributed by atoms with E-state index in [4.69, 9.17) is 4.74 Å². The summed E-state index contributed by atoms with van der Waals surface area (Å²) in [6, 6.07) is 16.0. The van der Waals surface area contributed by atoms with Crippen molar-refractivity contribution in [2.75, 3.05) is 18.0 Å². The lowest BCUT2D eigenvalue weighted by Crippen LogP contribution is -2.54. The lowest BCUT2D eigenvalue weighted by molar-refractivity contribution is -0.0822. The topological polar surface area (TPSA) is 76.8 Å². The summed E-state index contributed by atoms with van der Waals surface area (Å²) in [6.45, 7) is 4.64. The summed E-state index contributed by atoms with van der Waals surface area (Å²) in [5.74, 6) is 0.597. The van der Waals surface area contributed by atoms with E-state index in [1.807, 2.05) is 30.3 Å². The molecule has 2 amide bonds. The van der Waals surface area contributed by atoms with Gasteiger partial charge in [0.1, 0.15) is 17.5 Å². The van der Waals surface area contributed by atoms with Crippen LogP contribution < -0.4 is 9.64 Å². The van der Waals surface area contributed by atoms with Crippen molar-refractivity contribution in [3.63, 3.8) is 0 Å². The van der Waals surface area contributed by atoms with Gasteiger partial charge in [0.05, 0.1) is 17.7 Å². The first-order valence-electron chi connectivity index (χ1n) is 8.97. The Balaban J connectivity index is 1.74. The lowest BCUT2D eigenvalue weighted by Gasteiger charge is -2.45. The fourth-order valence-electron chi connectivity index (χ4n) is 3.83. The van der Waals surface area contributed by atoms with Crippen molar-refractivity contribution < 1.29 is 14.6 Å². The molecule has 0 aliphatic carbocycles. The van der Waals surface area contributed by atoms with Crippen molar-refractivity contribution in [2.24, 2.45) is 0 Å². The molecule has 2 aromatic rings. The number of fused-ring (bicyclic) bond motifs is 1. The van der Waals surface area contributed by atoms with Crippen LogP contribution in [0.4, 0.5) is 10.5 Å². The zero-order valence-corrected chi connectivity index (χ0v) is 15.3. The molecular formula is C21H21N3O3. The van der Waals surface area contributed by atoms with Crippen LogP contribution >= 0.6 is 0 Å². The summed E-state index contributed by atoms with van der Waals surface area (Å²) in [7, 11) is 0. The average Bonchev–Trinajstić information content (AvgIpc) is 3.04. The summed E-state index contributed by atoms with van der Waals surface area (Å²) in [5, 5.41) is 20.3. The van der Waals surface area contributed by atoms with Gasteiger partial charge >= 0.3 is 6.03 Å². The maximum atomic E-state index is 13.2. The second-order valence-corrected chi connectivity index (χ2v) is 7.42. The molecule has 1 N–H and O–H groups in total. The van der Waals surface area contributed by atoms with E-state index in [0.717, 1.165) is 5.69 Å². The number of benzene rings is 2. The fourth-order valence-corrected chi connectivity index (χ4v) is 3.83. The molecule has 2 atom stereocenters. The minimum Gasteiger partial charge on any atom is -0.485 e. The molecule has 1 fully saturated rings. The highest BCUT2D eigenvalue weighted by atomic mass is 16.5. The van der Waals surface area contributed by atoms with Crippen LogP contribution in [0.3, 0.4) is 0 Å². The Morgan fingerprint density at radius 2 is 1.93 bits per heavy atom. The Bertz CT molecular complexity index is 920. The Morgan fingerprint density at radius 3 is 2.63 bits per heavy atom. The first-order valence-corrected chi connectivity index (χ1v) is 8.97. The smallest absolute Gasteiger partial charge is 0.325 e. The van der Waals surface area contributed by atoms with Crippen molar-refractivity contribution in [2.45, 2.75) is 31.6 Å². The van der Waals surface area contributed by atoms with Crippen molar-refractivity contribution in [3.05, 3.63) is 59.7 Å². The van der Waals surface area contributed by atoms with Gasteiger partial charge in [0.15, 0.2) is 0 Å². The number of aliphatic hydroxyl groups is 1. The fraction of sp³-hybridized carbons (Fsp3) is 0.333. The van der Waals surface area contributed by atoms with E-state index in [-0.39, 0.29) is 6.03 Å². The predicted octanol–water partition coefficient (Wildman–Crippen LogP) is 3.07. The van der Waals surface area contributed by atoms with E-state index in [1.165, 1.54) is 0 Å². The maximum Gasteiger partial charge on any atom is 0.325 e. The lowest BCUT2D eigenvalue weighted by atomic mass is 9.85. The standard InChI is InChI=1S/C21H21N3O3/c1-21(2)19(25)18(16-12-14(13-22)8-9-17(16)27-21)24-11-10-23(20(24)26)15-6-4-3-5-7-15/h3-9,12,18-19,25H,10-11H2,1-2H3. The summed E-state index contributed by atoms with van der Waals surface area (Å²) < 4.78 is 5.96. The van der Waals surface area contributed by atoms with E-state index < -0.39 is 17.7 Å². The number of aliphatic hydroxyl groups excluding tert-OH is 1. The number of amides is 2. The molecular weight excluding hydrogens is 342 g/mol. The third-order valence-corrected chi connectivity index (χ3v) is 5.29. The Labute approximate surface area is 158 Å². The van der Waals surface area contributed by atoms with Crippen LogP contribution in [-0.2, 0) is 0 Å². The van der Waals surface area contributed by atoms with Gasteiger partial charge in [-0.05, 0) is 44.2 Å². The molecule has 0 aromatic heterocycles. The minimum atomic E-state index is -0.918. The number of carbonyl (C=O) groups is 1. The van der Waals surface area contributed by atoms with E-state index in [1.54, 1.807) is 41.8 Å². The van der Waals surface area contributed by atoms with Crippen LogP contribution in [0.15, 0.2) is 48.5 Å². The minimum absolute atomic E-state index is 0.156. The zero-order chi connectivity index (χ0) is 19.2. The molecule has 6 nitrogen and oxygen atoms in total. The number of carbonyl (C=O) groups excluding carboxylic acids is 1. The molecule has 0 radical (unpaired) electrons. The summed E-state index contributed by atoms with van der Waals surface area (Å²) >= 11 is 0. The zero-order valence-electron chi connectivity index (χ0n) is 15.3. The first kappa shape index (κ1) is 17.4. The molecule has 27 heavy (non-hydrogen) atoms. The largest absolute Gasteiger partial charge is 0.485 e. The van der Waals surface area contributed by atoms with Crippen LogP contribution in [0, 0.1) is 11.3 Å². The summed E-state index contributed by atoms with van der Waals surface area (Å²) in [5.41, 5.74) is 1.12. The van der Waals surface area contributed by atoms with Gasteiger partial charge in [-0.25, -0.2) is 4.79 Å². The van der Waals surface area contributed by atoms with Gasteiger partial charge in [0.2, 0.25) is 0 Å². The molecule has 0 bridgehead atoms. The first-order chi connectivity index (χ1) is 12.9. The van der Waals surface area contributed by atoms with Crippen molar-refractivity contribution in [3.8, 4) is 11.8 Å². The molecule has 2 heterocycles. The van der Waals surface area contributed by atoms with Crippen LogP contribution in [-0.4, -0.2) is 40.8 Å². The van der Waals surface area contributed by atoms with Crippen LogP contribution in [0.5, 0.6) is 5.75 Å².